The van der Waals surface area contributed by atoms with Gasteiger partial charge in [0.15, 0.2) is 5.96 Å². The second kappa shape index (κ2) is 6.84. The molecule has 1 atom stereocenters. The summed E-state index contributed by atoms with van der Waals surface area (Å²) in [6.45, 7) is 6.97. The number of guanidine groups is 1. The molecule has 0 amide bonds. The van der Waals surface area contributed by atoms with Gasteiger partial charge in [0.2, 0.25) is 0 Å². The molecule has 0 radical (unpaired) electrons. The Bertz CT molecular complexity index is 232. The van der Waals surface area contributed by atoms with E-state index in [1.165, 1.54) is 32.5 Å². The molecular formula is C13H28N4. The summed E-state index contributed by atoms with van der Waals surface area (Å²) in [6, 6.07) is 0. The van der Waals surface area contributed by atoms with E-state index in [1.807, 2.05) is 28.2 Å². The lowest BCUT2D eigenvalue weighted by Crippen LogP contribution is -2.36. The first-order valence-electron chi connectivity index (χ1n) is 6.62. The Morgan fingerprint density at radius 3 is 2.12 bits per heavy atom. The van der Waals surface area contributed by atoms with Gasteiger partial charge in [-0.3, -0.25) is 4.99 Å². The van der Waals surface area contributed by atoms with Gasteiger partial charge < -0.3 is 14.7 Å². The maximum Gasteiger partial charge on any atom is 0.195 e. The molecule has 4 heteroatoms. The Labute approximate surface area is 106 Å². The van der Waals surface area contributed by atoms with Gasteiger partial charge in [0.1, 0.15) is 0 Å². The van der Waals surface area contributed by atoms with Crippen LogP contribution in [0, 0.1) is 5.92 Å². The molecule has 1 saturated heterocycles. The largest absolute Gasteiger partial charge is 0.349 e. The highest BCUT2D eigenvalue weighted by molar-refractivity contribution is 5.79. The predicted octanol–water partition coefficient (Wildman–Crippen LogP) is 1.20. The third kappa shape index (κ3) is 4.94. The van der Waals surface area contributed by atoms with Crippen LogP contribution in [0.1, 0.15) is 19.8 Å². The zero-order valence-electron chi connectivity index (χ0n) is 12.1. The van der Waals surface area contributed by atoms with Crippen molar-refractivity contribution in [2.45, 2.75) is 19.8 Å². The lowest BCUT2D eigenvalue weighted by atomic mass is 10.2. The summed E-state index contributed by atoms with van der Waals surface area (Å²) in [5, 5.41) is 0. The van der Waals surface area contributed by atoms with E-state index in [-0.39, 0.29) is 0 Å². The summed E-state index contributed by atoms with van der Waals surface area (Å²) in [4.78, 5) is 11.4. The van der Waals surface area contributed by atoms with Gasteiger partial charge in [-0.15, -0.1) is 0 Å². The Morgan fingerprint density at radius 2 is 1.65 bits per heavy atom. The molecule has 17 heavy (non-hydrogen) atoms. The molecule has 1 rings (SSSR count). The van der Waals surface area contributed by atoms with Crippen LogP contribution in [0.4, 0.5) is 0 Å². The summed E-state index contributed by atoms with van der Waals surface area (Å²) in [7, 11) is 8.18. The number of rotatable bonds is 4. The Hall–Kier alpha value is -0.770. The lowest BCUT2D eigenvalue weighted by molar-refractivity contribution is 0.291. The summed E-state index contributed by atoms with van der Waals surface area (Å²) >= 11 is 0. The number of aliphatic imine (C=N–C) groups is 1. The fourth-order valence-electron chi connectivity index (χ4n) is 2.38. The van der Waals surface area contributed by atoms with Crippen LogP contribution in [0.3, 0.4) is 0 Å². The Balaban J connectivity index is 2.38. The van der Waals surface area contributed by atoms with E-state index in [4.69, 9.17) is 4.99 Å². The van der Waals surface area contributed by atoms with Crippen LogP contribution < -0.4 is 0 Å². The van der Waals surface area contributed by atoms with Crippen LogP contribution in [0.25, 0.3) is 0 Å². The van der Waals surface area contributed by atoms with Crippen molar-refractivity contribution in [3.05, 3.63) is 0 Å². The second-order valence-corrected chi connectivity index (χ2v) is 5.54. The molecule has 1 aliphatic rings. The zero-order chi connectivity index (χ0) is 12.8. The van der Waals surface area contributed by atoms with E-state index >= 15 is 0 Å². The van der Waals surface area contributed by atoms with Gasteiger partial charge in [-0.25, -0.2) is 0 Å². The highest BCUT2D eigenvalue weighted by atomic mass is 15.3. The fourth-order valence-corrected chi connectivity index (χ4v) is 2.38. The Morgan fingerprint density at radius 1 is 1.12 bits per heavy atom. The van der Waals surface area contributed by atoms with Crippen molar-refractivity contribution in [2.24, 2.45) is 10.9 Å². The van der Waals surface area contributed by atoms with Gasteiger partial charge in [-0.05, 0) is 31.8 Å². The van der Waals surface area contributed by atoms with Gasteiger partial charge in [-0.2, -0.15) is 0 Å². The SMILES string of the molecule is CC(CN=C(N(C)C)N(C)C)CN1CCCC1. The van der Waals surface area contributed by atoms with E-state index in [1.54, 1.807) is 0 Å². The van der Waals surface area contributed by atoms with Crippen molar-refractivity contribution in [1.29, 1.82) is 0 Å². The van der Waals surface area contributed by atoms with Crippen LogP contribution >= 0.6 is 0 Å². The summed E-state index contributed by atoms with van der Waals surface area (Å²) < 4.78 is 0. The standard InChI is InChI=1S/C13H28N4/c1-12(11-17-8-6-7-9-17)10-14-13(15(2)3)16(4)5/h12H,6-11H2,1-5H3. The molecular weight excluding hydrogens is 212 g/mol. The van der Waals surface area contributed by atoms with E-state index in [0.29, 0.717) is 5.92 Å². The molecule has 1 unspecified atom stereocenters. The minimum absolute atomic E-state index is 0.642. The monoisotopic (exact) mass is 240 g/mol. The van der Waals surface area contributed by atoms with Crippen LogP contribution in [0.2, 0.25) is 0 Å². The van der Waals surface area contributed by atoms with Crippen molar-refractivity contribution in [1.82, 2.24) is 14.7 Å². The molecule has 0 aromatic heterocycles. The van der Waals surface area contributed by atoms with Crippen molar-refractivity contribution in [3.63, 3.8) is 0 Å². The molecule has 1 fully saturated rings. The third-order valence-electron chi connectivity index (χ3n) is 3.11. The molecule has 1 aliphatic heterocycles. The van der Waals surface area contributed by atoms with E-state index < -0.39 is 0 Å². The lowest BCUT2D eigenvalue weighted by Gasteiger charge is -2.24. The molecule has 1 heterocycles. The third-order valence-corrected chi connectivity index (χ3v) is 3.11. The highest BCUT2D eigenvalue weighted by Crippen LogP contribution is 2.10. The molecule has 0 aliphatic carbocycles. The van der Waals surface area contributed by atoms with Gasteiger partial charge in [0, 0.05) is 41.3 Å². The zero-order valence-corrected chi connectivity index (χ0v) is 12.1. The maximum atomic E-state index is 4.71. The van der Waals surface area contributed by atoms with Gasteiger partial charge in [-0.1, -0.05) is 6.92 Å². The smallest absolute Gasteiger partial charge is 0.195 e. The topological polar surface area (TPSA) is 22.1 Å². The Kier molecular flexibility index (Phi) is 5.75. The molecule has 100 valence electrons. The van der Waals surface area contributed by atoms with E-state index in [2.05, 4.69) is 21.6 Å². The molecule has 4 nitrogen and oxygen atoms in total. The maximum absolute atomic E-state index is 4.71. The van der Waals surface area contributed by atoms with Crippen molar-refractivity contribution >= 4 is 5.96 Å². The minimum Gasteiger partial charge on any atom is -0.349 e. The average molecular weight is 240 g/mol. The number of hydrogen-bond donors (Lipinski definition) is 0. The van der Waals surface area contributed by atoms with Gasteiger partial charge in [0.05, 0.1) is 0 Å². The summed E-state index contributed by atoms with van der Waals surface area (Å²) in [5.41, 5.74) is 0. The van der Waals surface area contributed by atoms with Gasteiger partial charge >= 0.3 is 0 Å². The number of hydrogen-bond acceptors (Lipinski definition) is 2. The average Bonchev–Trinajstić information content (AvgIpc) is 2.69. The molecule has 0 aromatic carbocycles. The van der Waals surface area contributed by atoms with Crippen LogP contribution in [-0.4, -0.2) is 75.0 Å². The van der Waals surface area contributed by atoms with Crippen LogP contribution in [0.15, 0.2) is 4.99 Å². The first-order valence-corrected chi connectivity index (χ1v) is 6.62. The molecule has 0 spiro atoms. The highest BCUT2D eigenvalue weighted by Gasteiger charge is 2.14. The minimum atomic E-state index is 0.642. The predicted molar refractivity (Wildman–Crippen MR) is 74.5 cm³/mol. The van der Waals surface area contributed by atoms with Gasteiger partial charge in [0.25, 0.3) is 0 Å². The normalized spacial score (nSPS) is 17.9. The van der Waals surface area contributed by atoms with E-state index in [9.17, 15) is 0 Å². The van der Waals surface area contributed by atoms with Crippen molar-refractivity contribution in [3.8, 4) is 0 Å². The molecule has 0 bridgehead atoms. The molecule has 0 saturated carbocycles. The van der Waals surface area contributed by atoms with Crippen molar-refractivity contribution in [2.75, 3.05) is 54.4 Å². The van der Waals surface area contributed by atoms with Crippen molar-refractivity contribution < 1.29 is 0 Å². The number of likely N-dealkylation sites (tertiary alicyclic amines) is 1. The number of nitrogens with zero attached hydrogens (tertiary/aromatic N) is 4. The quantitative estimate of drug-likeness (QED) is 0.544. The first-order chi connectivity index (χ1) is 8.00. The van der Waals surface area contributed by atoms with Crippen LogP contribution in [-0.2, 0) is 0 Å². The second-order valence-electron chi connectivity index (χ2n) is 5.54. The molecule has 0 aromatic rings. The first kappa shape index (κ1) is 14.3. The summed E-state index contributed by atoms with van der Waals surface area (Å²) in [5.74, 6) is 1.70. The molecule has 0 N–H and O–H groups in total. The fraction of sp³-hybridized carbons (Fsp3) is 0.923. The van der Waals surface area contributed by atoms with E-state index in [0.717, 1.165) is 12.5 Å². The van der Waals surface area contributed by atoms with Crippen LogP contribution in [0.5, 0.6) is 0 Å². The summed E-state index contributed by atoms with van der Waals surface area (Å²) in [6.07, 6.45) is 2.74.